The van der Waals surface area contributed by atoms with Crippen LogP contribution in [0, 0.1) is 0 Å². The monoisotopic (exact) mass is 257 g/mol. The Kier molecular flexibility index (Phi) is 6.43. The molecule has 0 saturated heterocycles. The number of carbonyl (C=O) groups excluding carboxylic acids is 1. The van der Waals surface area contributed by atoms with Crippen LogP contribution >= 0.6 is 11.6 Å². The summed E-state index contributed by atoms with van der Waals surface area (Å²) in [7, 11) is 0. The molecule has 1 aromatic rings. The molecule has 0 aliphatic rings. The van der Waals surface area contributed by atoms with Gasteiger partial charge >= 0.3 is 0 Å². The minimum Gasteiger partial charge on any atom is -0.508 e. The van der Waals surface area contributed by atoms with E-state index in [4.69, 9.17) is 16.3 Å². The van der Waals surface area contributed by atoms with Crippen LogP contribution in [0.5, 0.6) is 5.75 Å². The number of ether oxygens (including phenoxy) is 1. The van der Waals surface area contributed by atoms with Gasteiger partial charge in [0.15, 0.2) is 0 Å². The third-order valence-electron chi connectivity index (χ3n) is 2.07. The van der Waals surface area contributed by atoms with E-state index in [1.54, 1.807) is 24.3 Å². The minimum atomic E-state index is -0.0925. The van der Waals surface area contributed by atoms with Crippen molar-refractivity contribution >= 4 is 17.5 Å². The van der Waals surface area contributed by atoms with Crippen molar-refractivity contribution in [2.24, 2.45) is 0 Å². The fourth-order valence-electron chi connectivity index (χ4n) is 1.33. The van der Waals surface area contributed by atoms with Gasteiger partial charge in [0.1, 0.15) is 5.75 Å². The lowest BCUT2D eigenvalue weighted by atomic mass is 10.1. The average Bonchev–Trinajstić information content (AvgIpc) is 2.29. The van der Waals surface area contributed by atoms with Gasteiger partial charge in [0, 0.05) is 12.4 Å². The maximum Gasteiger partial charge on any atom is 0.224 e. The molecular weight excluding hydrogens is 242 g/mol. The number of phenols is 1. The number of amides is 1. The molecule has 1 aromatic carbocycles. The van der Waals surface area contributed by atoms with Crippen LogP contribution < -0.4 is 5.32 Å². The van der Waals surface area contributed by atoms with E-state index in [1.165, 1.54) is 0 Å². The summed E-state index contributed by atoms with van der Waals surface area (Å²) < 4.78 is 5.12. The SMILES string of the molecule is O=C(Cc1cccc(O)c1)NCCOCCCl. The predicted octanol–water partition coefficient (Wildman–Crippen LogP) is 1.31. The Morgan fingerprint density at radius 3 is 2.94 bits per heavy atom. The number of phenolic OH excluding ortho intramolecular Hbond substituents is 1. The molecule has 94 valence electrons. The summed E-state index contributed by atoms with van der Waals surface area (Å²) in [4.78, 5) is 11.5. The van der Waals surface area contributed by atoms with Gasteiger partial charge in [0.2, 0.25) is 5.91 Å². The van der Waals surface area contributed by atoms with E-state index in [9.17, 15) is 9.90 Å². The van der Waals surface area contributed by atoms with Crippen LogP contribution in [-0.2, 0) is 16.0 Å². The second-order valence-corrected chi connectivity index (χ2v) is 3.88. The molecule has 0 saturated carbocycles. The highest BCUT2D eigenvalue weighted by Gasteiger charge is 2.03. The normalized spacial score (nSPS) is 10.2. The van der Waals surface area contributed by atoms with E-state index in [-0.39, 0.29) is 18.1 Å². The number of benzene rings is 1. The van der Waals surface area contributed by atoms with Crippen molar-refractivity contribution in [1.82, 2.24) is 5.32 Å². The molecule has 0 unspecified atom stereocenters. The third-order valence-corrected chi connectivity index (χ3v) is 2.22. The Labute approximate surface area is 106 Å². The first-order valence-corrected chi connectivity index (χ1v) is 5.94. The zero-order chi connectivity index (χ0) is 12.5. The molecule has 0 aliphatic heterocycles. The van der Waals surface area contributed by atoms with E-state index >= 15 is 0 Å². The molecular formula is C12H16ClNO3. The van der Waals surface area contributed by atoms with Gasteiger partial charge in [0.05, 0.1) is 19.6 Å². The van der Waals surface area contributed by atoms with E-state index in [1.807, 2.05) is 0 Å². The summed E-state index contributed by atoms with van der Waals surface area (Å²) in [5, 5.41) is 12.0. The van der Waals surface area contributed by atoms with Crippen molar-refractivity contribution in [2.75, 3.05) is 25.6 Å². The summed E-state index contributed by atoms with van der Waals surface area (Å²) in [5.41, 5.74) is 0.782. The third kappa shape index (κ3) is 6.14. The van der Waals surface area contributed by atoms with E-state index < -0.39 is 0 Å². The number of hydrogen-bond acceptors (Lipinski definition) is 3. The van der Waals surface area contributed by atoms with Crippen molar-refractivity contribution in [2.45, 2.75) is 6.42 Å². The van der Waals surface area contributed by atoms with Crippen LogP contribution in [0.4, 0.5) is 0 Å². The lowest BCUT2D eigenvalue weighted by molar-refractivity contribution is -0.120. The largest absolute Gasteiger partial charge is 0.508 e. The molecule has 5 heteroatoms. The van der Waals surface area contributed by atoms with Gasteiger partial charge in [-0.2, -0.15) is 0 Å². The molecule has 0 bridgehead atoms. The zero-order valence-corrected chi connectivity index (χ0v) is 10.2. The van der Waals surface area contributed by atoms with Crippen LogP contribution in [0.15, 0.2) is 24.3 Å². The van der Waals surface area contributed by atoms with Gasteiger partial charge in [0.25, 0.3) is 0 Å². The highest BCUT2D eigenvalue weighted by molar-refractivity contribution is 6.17. The van der Waals surface area contributed by atoms with Crippen LogP contribution in [0.1, 0.15) is 5.56 Å². The van der Waals surface area contributed by atoms with Crippen molar-refractivity contribution < 1.29 is 14.6 Å². The van der Waals surface area contributed by atoms with Crippen LogP contribution in [0.2, 0.25) is 0 Å². The summed E-state index contributed by atoms with van der Waals surface area (Å²) >= 11 is 5.43. The lowest BCUT2D eigenvalue weighted by Crippen LogP contribution is -2.28. The number of alkyl halides is 1. The Balaban J connectivity index is 2.21. The quantitative estimate of drug-likeness (QED) is 0.572. The molecule has 0 radical (unpaired) electrons. The fourth-order valence-corrected chi connectivity index (χ4v) is 1.44. The van der Waals surface area contributed by atoms with Crippen molar-refractivity contribution in [3.63, 3.8) is 0 Å². The summed E-state index contributed by atoms with van der Waals surface area (Å²) in [5.74, 6) is 0.530. The molecule has 0 aromatic heterocycles. The molecule has 0 atom stereocenters. The van der Waals surface area contributed by atoms with Crippen molar-refractivity contribution in [3.05, 3.63) is 29.8 Å². The Bertz CT molecular complexity index is 357. The smallest absolute Gasteiger partial charge is 0.224 e. The van der Waals surface area contributed by atoms with Gasteiger partial charge in [-0.15, -0.1) is 11.6 Å². The number of aromatic hydroxyl groups is 1. The molecule has 17 heavy (non-hydrogen) atoms. The lowest BCUT2D eigenvalue weighted by Gasteiger charge is -2.05. The first-order valence-electron chi connectivity index (χ1n) is 5.40. The van der Waals surface area contributed by atoms with Crippen LogP contribution in [0.25, 0.3) is 0 Å². The van der Waals surface area contributed by atoms with Gasteiger partial charge in [-0.05, 0) is 17.7 Å². The number of carbonyl (C=O) groups is 1. The molecule has 0 fully saturated rings. The first kappa shape index (κ1) is 13.8. The zero-order valence-electron chi connectivity index (χ0n) is 9.49. The average molecular weight is 258 g/mol. The highest BCUT2D eigenvalue weighted by Crippen LogP contribution is 2.10. The molecule has 4 nitrogen and oxygen atoms in total. The first-order chi connectivity index (χ1) is 8.22. The Morgan fingerprint density at radius 1 is 1.41 bits per heavy atom. The maximum atomic E-state index is 11.5. The number of halogens is 1. The van der Waals surface area contributed by atoms with Crippen LogP contribution in [0.3, 0.4) is 0 Å². The predicted molar refractivity (Wildman–Crippen MR) is 66.4 cm³/mol. The number of hydrogen-bond donors (Lipinski definition) is 2. The van der Waals surface area contributed by atoms with Gasteiger partial charge in [-0.1, -0.05) is 12.1 Å². The molecule has 0 spiro atoms. The summed E-state index contributed by atoms with van der Waals surface area (Å²) in [6.07, 6.45) is 0.254. The summed E-state index contributed by atoms with van der Waals surface area (Å²) in [6, 6.07) is 6.65. The molecule has 1 amide bonds. The number of rotatable bonds is 7. The second-order valence-electron chi connectivity index (χ2n) is 3.50. The summed E-state index contributed by atoms with van der Waals surface area (Å²) in [6.45, 7) is 1.41. The van der Waals surface area contributed by atoms with E-state index in [2.05, 4.69) is 5.32 Å². The van der Waals surface area contributed by atoms with E-state index in [0.717, 1.165) is 5.56 Å². The Hall–Kier alpha value is -1.26. The topological polar surface area (TPSA) is 58.6 Å². The molecule has 0 heterocycles. The van der Waals surface area contributed by atoms with Crippen molar-refractivity contribution in [1.29, 1.82) is 0 Å². The molecule has 0 aliphatic carbocycles. The van der Waals surface area contributed by atoms with Gasteiger partial charge in [-0.3, -0.25) is 4.79 Å². The maximum absolute atomic E-state index is 11.5. The number of nitrogens with one attached hydrogen (secondary N) is 1. The van der Waals surface area contributed by atoms with Gasteiger partial charge in [-0.25, -0.2) is 0 Å². The molecule has 1 rings (SSSR count). The van der Waals surface area contributed by atoms with E-state index in [0.29, 0.717) is 25.6 Å². The Morgan fingerprint density at radius 2 is 2.24 bits per heavy atom. The van der Waals surface area contributed by atoms with Crippen LogP contribution in [-0.4, -0.2) is 36.7 Å². The fraction of sp³-hybridized carbons (Fsp3) is 0.417. The van der Waals surface area contributed by atoms with Crippen molar-refractivity contribution in [3.8, 4) is 5.75 Å². The minimum absolute atomic E-state index is 0.0925. The second kappa shape index (κ2) is 7.92. The highest BCUT2D eigenvalue weighted by atomic mass is 35.5. The van der Waals surface area contributed by atoms with Gasteiger partial charge < -0.3 is 15.2 Å². The molecule has 2 N–H and O–H groups in total. The standard InChI is InChI=1S/C12H16ClNO3/c13-4-6-17-7-5-14-12(16)9-10-2-1-3-11(15)8-10/h1-3,8,15H,4-7,9H2,(H,14,16).